The van der Waals surface area contributed by atoms with E-state index in [9.17, 15) is 0 Å². The molecule has 82 valence electrons. The van der Waals surface area contributed by atoms with Crippen molar-refractivity contribution in [2.45, 2.75) is 31.8 Å². The van der Waals surface area contributed by atoms with Gasteiger partial charge in [-0.15, -0.1) is 0 Å². The summed E-state index contributed by atoms with van der Waals surface area (Å²) >= 11 is 0. The fourth-order valence-electron chi connectivity index (χ4n) is 2.12. The molecule has 2 heteroatoms. The number of hydrogen-bond acceptors (Lipinski definition) is 2. The van der Waals surface area contributed by atoms with Crippen LogP contribution in [0.25, 0.3) is 0 Å². The van der Waals surface area contributed by atoms with Gasteiger partial charge in [-0.2, -0.15) is 0 Å². The van der Waals surface area contributed by atoms with Gasteiger partial charge in [0.1, 0.15) is 5.75 Å². The molecule has 0 aliphatic heterocycles. The van der Waals surface area contributed by atoms with E-state index in [1.165, 1.54) is 0 Å². The zero-order chi connectivity index (χ0) is 10.5. The van der Waals surface area contributed by atoms with Gasteiger partial charge in [0.25, 0.3) is 0 Å². The first-order valence-electron chi connectivity index (χ1n) is 5.71. The predicted molar refractivity (Wildman–Crippen MR) is 59.9 cm³/mol. The molecule has 1 aromatic carbocycles. The van der Waals surface area contributed by atoms with Gasteiger partial charge in [0.15, 0.2) is 0 Å². The van der Waals surface area contributed by atoms with Crippen LogP contribution in [-0.4, -0.2) is 17.8 Å². The summed E-state index contributed by atoms with van der Waals surface area (Å²) in [6, 6.07) is 9.98. The molecular weight excluding hydrogens is 188 g/mol. The largest absolute Gasteiger partial charge is 0.490 e. The zero-order valence-electron chi connectivity index (χ0n) is 8.93. The van der Waals surface area contributed by atoms with E-state index in [1.807, 2.05) is 30.3 Å². The Balaban J connectivity index is 1.82. The molecule has 0 spiro atoms. The normalized spacial score (nSPS) is 26.2. The number of para-hydroxylation sites is 1. The van der Waals surface area contributed by atoms with Crippen molar-refractivity contribution in [3.8, 4) is 5.75 Å². The number of aliphatic hydroxyl groups is 1. The molecule has 2 nitrogen and oxygen atoms in total. The van der Waals surface area contributed by atoms with Crippen LogP contribution in [0.5, 0.6) is 5.75 Å². The molecule has 0 radical (unpaired) electrons. The molecule has 0 saturated heterocycles. The molecule has 0 aromatic heterocycles. The Kier molecular flexibility index (Phi) is 3.62. The number of rotatable bonds is 3. The summed E-state index contributed by atoms with van der Waals surface area (Å²) in [5.41, 5.74) is 0. The monoisotopic (exact) mass is 206 g/mol. The maximum atomic E-state index is 9.03. The first-order valence-corrected chi connectivity index (χ1v) is 5.71. The summed E-state index contributed by atoms with van der Waals surface area (Å²) in [6.45, 7) is 0.331. The quantitative estimate of drug-likeness (QED) is 0.823. The van der Waals surface area contributed by atoms with E-state index in [-0.39, 0.29) is 0 Å². The number of benzene rings is 1. The van der Waals surface area contributed by atoms with E-state index < -0.39 is 0 Å². The summed E-state index contributed by atoms with van der Waals surface area (Å²) in [6.07, 6.45) is 4.66. The van der Waals surface area contributed by atoms with Gasteiger partial charge >= 0.3 is 0 Å². The highest BCUT2D eigenvalue weighted by Crippen LogP contribution is 2.27. The van der Waals surface area contributed by atoms with E-state index in [4.69, 9.17) is 9.84 Å². The SMILES string of the molecule is OCC1CCC(Oc2ccccc2)CC1. The van der Waals surface area contributed by atoms with Crippen LogP contribution in [0.3, 0.4) is 0 Å². The third-order valence-corrected chi connectivity index (χ3v) is 3.10. The molecule has 1 N–H and O–H groups in total. The Labute approximate surface area is 90.9 Å². The summed E-state index contributed by atoms with van der Waals surface area (Å²) in [5.74, 6) is 1.46. The van der Waals surface area contributed by atoms with E-state index >= 15 is 0 Å². The number of hydrogen-bond donors (Lipinski definition) is 1. The van der Waals surface area contributed by atoms with Crippen LogP contribution in [-0.2, 0) is 0 Å². The highest BCUT2D eigenvalue weighted by atomic mass is 16.5. The summed E-state index contributed by atoms with van der Waals surface area (Å²) in [7, 11) is 0. The van der Waals surface area contributed by atoms with Gasteiger partial charge in [0.2, 0.25) is 0 Å². The third kappa shape index (κ3) is 2.96. The van der Waals surface area contributed by atoms with E-state index in [0.29, 0.717) is 18.6 Å². The molecule has 0 heterocycles. The van der Waals surface area contributed by atoms with Crippen molar-refractivity contribution >= 4 is 0 Å². The second kappa shape index (κ2) is 5.17. The Morgan fingerprint density at radius 2 is 1.73 bits per heavy atom. The lowest BCUT2D eigenvalue weighted by molar-refractivity contribution is 0.104. The van der Waals surface area contributed by atoms with Crippen LogP contribution in [0.2, 0.25) is 0 Å². The molecule has 1 aliphatic rings. The standard InChI is InChI=1S/C13H18O2/c14-10-11-6-8-13(9-7-11)15-12-4-2-1-3-5-12/h1-5,11,13-14H,6-10H2. The van der Waals surface area contributed by atoms with Gasteiger partial charge < -0.3 is 9.84 Å². The minimum absolute atomic E-state index is 0.331. The molecule has 2 rings (SSSR count). The molecule has 15 heavy (non-hydrogen) atoms. The van der Waals surface area contributed by atoms with Crippen LogP contribution < -0.4 is 4.74 Å². The Morgan fingerprint density at radius 3 is 2.33 bits per heavy atom. The van der Waals surface area contributed by atoms with Crippen LogP contribution in [0, 0.1) is 5.92 Å². The second-order valence-electron chi connectivity index (χ2n) is 4.26. The van der Waals surface area contributed by atoms with Gasteiger partial charge in [0, 0.05) is 6.61 Å². The fourth-order valence-corrected chi connectivity index (χ4v) is 2.12. The lowest BCUT2D eigenvalue weighted by Gasteiger charge is -2.27. The van der Waals surface area contributed by atoms with Crippen LogP contribution in [0.1, 0.15) is 25.7 Å². The molecule has 1 aliphatic carbocycles. The second-order valence-corrected chi connectivity index (χ2v) is 4.26. The van der Waals surface area contributed by atoms with Gasteiger partial charge in [-0.1, -0.05) is 18.2 Å². The summed E-state index contributed by atoms with van der Waals surface area (Å²) < 4.78 is 5.87. The third-order valence-electron chi connectivity index (χ3n) is 3.10. The van der Waals surface area contributed by atoms with Crippen molar-refractivity contribution in [3.63, 3.8) is 0 Å². The van der Waals surface area contributed by atoms with Crippen LogP contribution >= 0.6 is 0 Å². The first kappa shape index (κ1) is 10.5. The molecule has 0 unspecified atom stereocenters. The maximum Gasteiger partial charge on any atom is 0.119 e. The van der Waals surface area contributed by atoms with Crippen molar-refractivity contribution < 1.29 is 9.84 Å². The molecule has 0 amide bonds. The average molecular weight is 206 g/mol. The van der Waals surface area contributed by atoms with Gasteiger partial charge in [-0.05, 0) is 43.7 Å². The molecule has 1 fully saturated rings. The highest BCUT2D eigenvalue weighted by molar-refractivity contribution is 5.21. The first-order chi connectivity index (χ1) is 7.38. The Morgan fingerprint density at radius 1 is 1.07 bits per heavy atom. The molecule has 1 aromatic rings. The van der Waals surface area contributed by atoms with Crippen molar-refractivity contribution in [2.75, 3.05) is 6.61 Å². The van der Waals surface area contributed by atoms with E-state index in [2.05, 4.69) is 0 Å². The lowest BCUT2D eigenvalue weighted by Crippen LogP contribution is -2.25. The maximum absolute atomic E-state index is 9.03. The van der Waals surface area contributed by atoms with Crippen molar-refractivity contribution in [2.24, 2.45) is 5.92 Å². The minimum atomic E-state index is 0.331. The average Bonchev–Trinajstić information content (AvgIpc) is 2.31. The Hall–Kier alpha value is -1.02. The van der Waals surface area contributed by atoms with Gasteiger partial charge in [-0.25, -0.2) is 0 Å². The molecular formula is C13H18O2. The van der Waals surface area contributed by atoms with Crippen LogP contribution in [0.4, 0.5) is 0 Å². The van der Waals surface area contributed by atoms with Crippen molar-refractivity contribution in [3.05, 3.63) is 30.3 Å². The fraction of sp³-hybridized carbons (Fsp3) is 0.538. The van der Waals surface area contributed by atoms with E-state index in [1.54, 1.807) is 0 Å². The lowest BCUT2D eigenvalue weighted by atomic mass is 9.88. The van der Waals surface area contributed by atoms with Crippen molar-refractivity contribution in [1.29, 1.82) is 0 Å². The van der Waals surface area contributed by atoms with Crippen molar-refractivity contribution in [1.82, 2.24) is 0 Å². The summed E-state index contributed by atoms with van der Waals surface area (Å²) in [5, 5.41) is 9.03. The smallest absolute Gasteiger partial charge is 0.119 e. The predicted octanol–water partition coefficient (Wildman–Crippen LogP) is 2.62. The topological polar surface area (TPSA) is 29.5 Å². The minimum Gasteiger partial charge on any atom is -0.490 e. The summed E-state index contributed by atoms with van der Waals surface area (Å²) in [4.78, 5) is 0. The number of ether oxygens (including phenoxy) is 1. The highest BCUT2D eigenvalue weighted by Gasteiger charge is 2.21. The Bertz CT molecular complexity index is 276. The van der Waals surface area contributed by atoms with E-state index in [0.717, 1.165) is 31.4 Å². The van der Waals surface area contributed by atoms with Gasteiger partial charge in [-0.3, -0.25) is 0 Å². The van der Waals surface area contributed by atoms with Crippen LogP contribution in [0.15, 0.2) is 30.3 Å². The molecule has 1 saturated carbocycles. The van der Waals surface area contributed by atoms with Gasteiger partial charge in [0.05, 0.1) is 6.10 Å². The number of aliphatic hydroxyl groups excluding tert-OH is 1. The molecule has 0 bridgehead atoms. The zero-order valence-corrected chi connectivity index (χ0v) is 8.93. The molecule has 0 atom stereocenters.